The van der Waals surface area contributed by atoms with Crippen LogP contribution in [0.4, 0.5) is 0 Å². The minimum Gasteiger partial charge on any atom is 0.187 e. The van der Waals surface area contributed by atoms with Gasteiger partial charge in [-0.1, -0.05) is 0 Å². The fourth-order valence-corrected chi connectivity index (χ4v) is 0. The fraction of sp³-hybridized carbons (Fsp3) is 0.667. The summed E-state index contributed by atoms with van der Waals surface area (Å²) in [6, 6.07) is 0. The quantitative estimate of drug-likeness (QED) is 0.449. The van der Waals surface area contributed by atoms with E-state index < -0.39 is 0 Å². The molecule has 0 heterocycles. The standard InChI is InChI=1S/C3H5O.Al.Co.3H/c1-3(2)4;;;;;/h1H2,2H3;;;;;. The van der Waals surface area contributed by atoms with Crippen molar-refractivity contribution in [2.24, 2.45) is 0 Å². The van der Waals surface area contributed by atoms with Crippen LogP contribution >= 0.6 is 0 Å². The normalized spacial score (nSPS) is 6.50. The van der Waals surface area contributed by atoms with Crippen LogP contribution in [0.1, 0.15) is 6.92 Å². The van der Waals surface area contributed by atoms with E-state index in [9.17, 15) is 4.79 Å². The van der Waals surface area contributed by atoms with Gasteiger partial charge in [0.2, 0.25) is 0 Å². The summed E-state index contributed by atoms with van der Waals surface area (Å²) in [5.41, 5.74) is 0. The maximum Gasteiger partial charge on any atom is 0.187 e. The first-order chi connectivity index (χ1) is 2.27. The Morgan fingerprint density at radius 2 is 2.00 bits per heavy atom. The molecular weight excluding hydrogens is 138 g/mol. The van der Waals surface area contributed by atoms with E-state index >= 15 is 0 Å². The third-order valence-corrected chi connectivity index (χ3v) is 0.684. The van der Waals surface area contributed by atoms with Gasteiger partial charge in [0.1, 0.15) is 0 Å². The minimum absolute atomic E-state index is 0. The Morgan fingerprint density at radius 3 is 2.00 bits per heavy atom. The van der Waals surface area contributed by atoms with Crippen molar-refractivity contribution in [3.63, 3.8) is 0 Å². The summed E-state index contributed by atoms with van der Waals surface area (Å²) in [6.45, 7) is 1.51. The predicted octanol–water partition coefficient (Wildman–Crippen LogP) is -0.643. The monoisotopic (exact) mass is 146 g/mol. The van der Waals surface area contributed by atoms with Crippen molar-refractivity contribution < 1.29 is 20.5 Å². The van der Waals surface area contributed by atoms with E-state index in [0.29, 0.717) is 5.36 Å². The van der Waals surface area contributed by atoms with Crippen LogP contribution in [0.2, 0.25) is 5.36 Å². The molecule has 0 aromatic carbocycles. The zero-order chi connectivity index (χ0) is 4.28. The van der Waals surface area contributed by atoms with Gasteiger partial charge in [0.15, 0.2) is 17.4 Å². The molecule has 3 heteroatoms. The van der Waals surface area contributed by atoms with Crippen LogP contribution in [0.5, 0.6) is 0 Å². The summed E-state index contributed by atoms with van der Waals surface area (Å²) in [6.07, 6.45) is 0. The maximum atomic E-state index is 9.73. The average molecular weight is 146 g/mol. The summed E-state index contributed by atoms with van der Waals surface area (Å²) in [5, 5.41) is 0.354. The topological polar surface area (TPSA) is 17.1 Å². The van der Waals surface area contributed by atoms with E-state index in [1.807, 2.05) is 0 Å². The Labute approximate surface area is 56.2 Å². The largest absolute Gasteiger partial charge is 0.187 e. The summed E-state index contributed by atoms with van der Waals surface area (Å²) in [4.78, 5) is 9.73. The summed E-state index contributed by atoms with van der Waals surface area (Å²) < 4.78 is 0. The molecule has 38 valence electrons. The first kappa shape index (κ1) is 9.86. The van der Waals surface area contributed by atoms with Gasteiger partial charge in [-0.3, -0.25) is 0 Å². The molecule has 0 rings (SSSR count). The summed E-state index contributed by atoms with van der Waals surface area (Å²) in [5.74, 6) is 0.116. The number of Topliss-reactive ketones (excluding diaryl/α,β-unsaturated/α-hetero) is 1. The molecule has 0 amide bonds. The molecule has 0 aromatic rings. The average Bonchev–Trinajstić information content (AvgIpc) is 1.38. The Hall–Kier alpha value is 0.709. The second kappa shape index (κ2) is 5.71. The van der Waals surface area contributed by atoms with Crippen LogP contribution in [0.3, 0.4) is 0 Å². The first-order valence-corrected chi connectivity index (χ1v) is 2.03. The maximum absolute atomic E-state index is 9.73. The van der Waals surface area contributed by atoms with Crippen LogP contribution in [0.15, 0.2) is 0 Å². The molecule has 0 aromatic heterocycles. The van der Waals surface area contributed by atoms with Gasteiger partial charge >= 0.3 is 38.6 Å². The molecule has 0 aliphatic heterocycles. The van der Waals surface area contributed by atoms with E-state index in [1.54, 1.807) is 0 Å². The van der Waals surface area contributed by atoms with E-state index in [0.717, 1.165) is 0 Å². The molecule has 0 spiro atoms. The number of hydrogen-bond acceptors (Lipinski definition) is 1. The molecule has 0 atom stereocenters. The predicted molar refractivity (Wildman–Crippen MR) is 25.4 cm³/mol. The van der Waals surface area contributed by atoms with Crippen LogP contribution in [0, 0.1) is 0 Å². The molecule has 0 aliphatic carbocycles. The molecule has 0 unspecified atom stereocenters. The molecule has 0 fully saturated rings. The van der Waals surface area contributed by atoms with Crippen molar-refractivity contribution in [2.75, 3.05) is 0 Å². The van der Waals surface area contributed by atoms with E-state index in [1.165, 1.54) is 6.92 Å². The molecule has 6 heavy (non-hydrogen) atoms. The molecular formula is C3H8AlCoO. The van der Waals surface area contributed by atoms with Gasteiger partial charge in [0.05, 0.1) is 0 Å². The van der Waals surface area contributed by atoms with Gasteiger partial charge in [-0.2, -0.15) is 0 Å². The molecule has 0 saturated heterocycles. The van der Waals surface area contributed by atoms with Crippen molar-refractivity contribution in [2.45, 2.75) is 12.3 Å². The fourth-order valence-electron chi connectivity index (χ4n) is 0. The summed E-state index contributed by atoms with van der Waals surface area (Å²) >= 11 is 3.71. The van der Waals surface area contributed by atoms with Crippen LogP contribution < -0.4 is 0 Å². The van der Waals surface area contributed by atoms with Gasteiger partial charge in [0.25, 0.3) is 0 Å². The van der Waals surface area contributed by atoms with Crippen molar-refractivity contribution in [1.82, 2.24) is 0 Å². The van der Waals surface area contributed by atoms with Gasteiger partial charge in [-0.05, 0) is 0 Å². The Morgan fingerprint density at radius 1 is 1.83 bits per heavy atom. The SMILES string of the molecule is CC(=O)[CH2][Co].[AlH3]. The Kier molecular flexibility index (Phi) is 9.38. The van der Waals surface area contributed by atoms with Crippen molar-refractivity contribution in [1.29, 1.82) is 0 Å². The smallest absolute Gasteiger partial charge is 0.187 e. The van der Waals surface area contributed by atoms with Crippen LogP contribution in [-0.4, -0.2) is 23.1 Å². The number of carbonyl (C=O) groups excluding carboxylic acids is 1. The van der Waals surface area contributed by atoms with Gasteiger partial charge in [0, 0.05) is 0 Å². The Bertz CT molecular complexity index is 46.1. The van der Waals surface area contributed by atoms with E-state index in [2.05, 4.69) is 15.7 Å². The molecule has 0 bridgehead atoms. The van der Waals surface area contributed by atoms with Crippen molar-refractivity contribution in [3.05, 3.63) is 0 Å². The Balaban J connectivity index is 0. The third kappa shape index (κ3) is 8.83. The number of ketones is 1. The zero-order valence-electron chi connectivity index (χ0n) is 2.95. The summed E-state index contributed by atoms with van der Waals surface area (Å²) in [7, 11) is 0. The number of hydrogen-bond donors (Lipinski definition) is 0. The molecule has 0 radical (unpaired) electrons. The molecule has 0 N–H and O–H groups in total. The molecule has 0 saturated carbocycles. The van der Waals surface area contributed by atoms with Crippen molar-refractivity contribution in [3.8, 4) is 0 Å². The van der Waals surface area contributed by atoms with Crippen LogP contribution in [-0.2, 0) is 20.5 Å². The van der Waals surface area contributed by atoms with E-state index in [4.69, 9.17) is 0 Å². The zero-order valence-corrected chi connectivity index (χ0v) is 3.99. The minimum atomic E-state index is 0. The van der Waals surface area contributed by atoms with Gasteiger partial charge in [-0.25, -0.2) is 0 Å². The number of rotatable bonds is 1. The van der Waals surface area contributed by atoms with Crippen molar-refractivity contribution >= 4 is 23.1 Å². The second-order valence-electron chi connectivity index (χ2n) is 0.820. The number of carbonyl (C=O) groups is 1. The third-order valence-electron chi connectivity index (χ3n) is 0.166. The second-order valence-corrected chi connectivity index (χ2v) is 1.19. The van der Waals surface area contributed by atoms with Crippen LogP contribution in [0.25, 0.3) is 0 Å². The molecule has 1 nitrogen and oxygen atoms in total. The van der Waals surface area contributed by atoms with Gasteiger partial charge < -0.3 is 0 Å². The first-order valence-electron chi connectivity index (χ1n) is 1.29. The van der Waals surface area contributed by atoms with Gasteiger partial charge in [-0.15, -0.1) is 0 Å². The van der Waals surface area contributed by atoms with E-state index in [-0.39, 0.29) is 23.1 Å². The molecule has 0 aliphatic rings.